The summed E-state index contributed by atoms with van der Waals surface area (Å²) >= 11 is 0. The molecule has 2 N–H and O–H groups in total. The summed E-state index contributed by atoms with van der Waals surface area (Å²) in [6.07, 6.45) is -4.26. The van der Waals surface area contributed by atoms with Gasteiger partial charge in [-0.3, -0.25) is 0 Å². The molecule has 1 aromatic heterocycles. The van der Waals surface area contributed by atoms with E-state index in [1.165, 1.54) is 7.05 Å². The Morgan fingerprint density at radius 2 is 2.16 bits per heavy atom. The second kappa shape index (κ2) is 5.77. The first kappa shape index (κ1) is 15.1. The number of alkyl halides is 3. The maximum Gasteiger partial charge on any atom is 0.421 e. The van der Waals surface area contributed by atoms with Gasteiger partial charge in [-0.2, -0.15) is 18.2 Å². The van der Waals surface area contributed by atoms with Crippen molar-refractivity contribution in [2.24, 2.45) is 0 Å². The summed E-state index contributed by atoms with van der Waals surface area (Å²) in [5.41, 5.74) is -1.75. The lowest BCUT2D eigenvalue weighted by Crippen LogP contribution is -2.14. The zero-order chi connectivity index (χ0) is 14.6. The maximum atomic E-state index is 12.6. The molecule has 0 saturated heterocycles. The molecule has 1 aromatic rings. The Bertz CT molecular complexity index is 475. The standard InChI is InChI=1S/C11H13F3N2O3/c1-3-4-19-10(18)6-5-7(11(12,13)14)9(17)16-8(6)15-2/h5H,3-4H2,1-2H3,(H2,15,16,17). The topological polar surface area (TPSA) is 71.5 Å². The van der Waals surface area contributed by atoms with E-state index in [9.17, 15) is 23.1 Å². The van der Waals surface area contributed by atoms with Crippen molar-refractivity contribution < 1.29 is 27.8 Å². The minimum absolute atomic E-state index is 0.0875. The molecule has 106 valence electrons. The number of halogens is 3. The van der Waals surface area contributed by atoms with Crippen molar-refractivity contribution in [3.8, 4) is 5.88 Å². The fourth-order valence-electron chi connectivity index (χ4n) is 1.33. The van der Waals surface area contributed by atoms with E-state index in [4.69, 9.17) is 4.74 Å². The Kier molecular flexibility index (Phi) is 4.57. The molecule has 0 amide bonds. The number of hydrogen-bond acceptors (Lipinski definition) is 5. The van der Waals surface area contributed by atoms with Gasteiger partial charge in [0.15, 0.2) is 0 Å². The van der Waals surface area contributed by atoms with Gasteiger partial charge in [-0.25, -0.2) is 4.79 Å². The second-order valence-corrected chi connectivity index (χ2v) is 3.64. The number of hydrogen-bond donors (Lipinski definition) is 2. The molecule has 5 nitrogen and oxygen atoms in total. The highest BCUT2D eigenvalue weighted by Gasteiger charge is 2.36. The van der Waals surface area contributed by atoms with E-state index in [1.807, 2.05) is 0 Å². The van der Waals surface area contributed by atoms with E-state index in [-0.39, 0.29) is 18.0 Å². The third-order valence-electron chi connectivity index (χ3n) is 2.20. The highest BCUT2D eigenvalue weighted by Crippen LogP contribution is 2.36. The van der Waals surface area contributed by atoms with Crippen LogP contribution in [0.5, 0.6) is 5.88 Å². The third kappa shape index (κ3) is 3.49. The molecule has 1 rings (SSSR count). The minimum Gasteiger partial charge on any atom is -0.493 e. The first-order chi connectivity index (χ1) is 8.81. The Hall–Kier alpha value is -1.99. The molecule has 0 aliphatic heterocycles. The van der Waals surface area contributed by atoms with E-state index in [0.29, 0.717) is 12.5 Å². The number of carbonyl (C=O) groups excluding carboxylic acids is 1. The van der Waals surface area contributed by atoms with Crippen LogP contribution in [0.3, 0.4) is 0 Å². The summed E-state index contributed by atoms with van der Waals surface area (Å²) in [5.74, 6) is -2.29. The number of pyridine rings is 1. The molecule has 0 bridgehead atoms. The highest BCUT2D eigenvalue weighted by molar-refractivity contribution is 5.95. The van der Waals surface area contributed by atoms with Crippen LogP contribution in [-0.4, -0.2) is 29.7 Å². The van der Waals surface area contributed by atoms with Crippen LogP contribution >= 0.6 is 0 Å². The summed E-state index contributed by atoms with van der Waals surface area (Å²) in [5, 5.41) is 11.7. The first-order valence-electron chi connectivity index (χ1n) is 5.47. The maximum absolute atomic E-state index is 12.6. The van der Waals surface area contributed by atoms with Crippen molar-refractivity contribution in [3.63, 3.8) is 0 Å². The first-order valence-corrected chi connectivity index (χ1v) is 5.47. The van der Waals surface area contributed by atoms with Crippen molar-refractivity contribution in [2.45, 2.75) is 19.5 Å². The quantitative estimate of drug-likeness (QED) is 0.827. The molecule has 0 aliphatic carbocycles. The normalized spacial score (nSPS) is 11.2. The molecule has 0 radical (unpaired) electrons. The van der Waals surface area contributed by atoms with Crippen LogP contribution < -0.4 is 5.32 Å². The number of rotatable bonds is 4. The van der Waals surface area contributed by atoms with Gasteiger partial charge in [0.05, 0.1) is 6.61 Å². The van der Waals surface area contributed by atoms with Gasteiger partial charge in [0.25, 0.3) is 0 Å². The van der Waals surface area contributed by atoms with Gasteiger partial charge in [0.1, 0.15) is 16.9 Å². The lowest BCUT2D eigenvalue weighted by molar-refractivity contribution is -0.139. The predicted octanol–water partition coefficient (Wildman–Crippen LogP) is 2.41. The van der Waals surface area contributed by atoms with Gasteiger partial charge < -0.3 is 15.2 Å². The van der Waals surface area contributed by atoms with Crippen LogP contribution in [0, 0.1) is 0 Å². The predicted molar refractivity (Wildman–Crippen MR) is 61.0 cm³/mol. The van der Waals surface area contributed by atoms with Gasteiger partial charge >= 0.3 is 12.1 Å². The Morgan fingerprint density at radius 1 is 1.53 bits per heavy atom. The number of ether oxygens (including phenoxy) is 1. The number of nitrogens with zero attached hydrogens (tertiary/aromatic N) is 1. The number of carbonyl (C=O) groups is 1. The van der Waals surface area contributed by atoms with Crippen molar-refractivity contribution in [1.82, 2.24) is 4.98 Å². The molecule has 0 spiro atoms. The molecule has 8 heteroatoms. The highest BCUT2D eigenvalue weighted by atomic mass is 19.4. The fraction of sp³-hybridized carbons (Fsp3) is 0.455. The minimum atomic E-state index is -4.80. The summed E-state index contributed by atoms with van der Waals surface area (Å²) < 4.78 is 42.6. The summed E-state index contributed by atoms with van der Waals surface area (Å²) in [7, 11) is 1.37. The number of anilines is 1. The smallest absolute Gasteiger partial charge is 0.421 e. The SMILES string of the molecule is CCCOC(=O)c1cc(C(F)(F)F)c(O)nc1NC. The number of aromatic hydroxyl groups is 1. The molecule has 0 atom stereocenters. The lowest BCUT2D eigenvalue weighted by Gasteiger charge is -2.13. The average molecular weight is 278 g/mol. The lowest BCUT2D eigenvalue weighted by atomic mass is 10.1. The third-order valence-corrected chi connectivity index (χ3v) is 2.20. The molecule has 0 unspecified atom stereocenters. The van der Waals surface area contributed by atoms with Crippen molar-refractivity contribution in [3.05, 3.63) is 17.2 Å². The second-order valence-electron chi connectivity index (χ2n) is 3.64. The van der Waals surface area contributed by atoms with Crippen LogP contribution in [0.15, 0.2) is 6.07 Å². The fourth-order valence-corrected chi connectivity index (χ4v) is 1.33. The zero-order valence-corrected chi connectivity index (χ0v) is 10.3. The Labute approximate surface area is 107 Å². The van der Waals surface area contributed by atoms with Gasteiger partial charge in [-0.15, -0.1) is 0 Å². The number of aromatic nitrogens is 1. The van der Waals surface area contributed by atoms with Crippen molar-refractivity contribution >= 4 is 11.8 Å². The Balaban J connectivity index is 3.25. The van der Waals surface area contributed by atoms with E-state index in [0.717, 1.165) is 0 Å². The summed E-state index contributed by atoms with van der Waals surface area (Å²) in [4.78, 5) is 14.9. The van der Waals surface area contributed by atoms with E-state index in [1.54, 1.807) is 6.92 Å². The van der Waals surface area contributed by atoms with Crippen LogP contribution in [0.2, 0.25) is 0 Å². The van der Waals surface area contributed by atoms with Crippen LogP contribution in [0.4, 0.5) is 19.0 Å². The molecule has 0 aromatic carbocycles. The Morgan fingerprint density at radius 3 is 2.63 bits per heavy atom. The zero-order valence-electron chi connectivity index (χ0n) is 10.3. The van der Waals surface area contributed by atoms with Gasteiger partial charge in [0.2, 0.25) is 5.88 Å². The van der Waals surface area contributed by atoms with Gasteiger partial charge in [-0.1, -0.05) is 6.92 Å². The van der Waals surface area contributed by atoms with Crippen LogP contribution in [0.1, 0.15) is 29.3 Å². The van der Waals surface area contributed by atoms with Crippen molar-refractivity contribution in [2.75, 3.05) is 19.0 Å². The van der Waals surface area contributed by atoms with Crippen LogP contribution in [0.25, 0.3) is 0 Å². The van der Waals surface area contributed by atoms with Gasteiger partial charge in [0, 0.05) is 7.05 Å². The van der Waals surface area contributed by atoms with E-state index in [2.05, 4.69) is 10.3 Å². The number of nitrogens with one attached hydrogen (secondary N) is 1. The van der Waals surface area contributed by atoms with Gasteiger partial charge in [-0.05, 0) is 12.5 Å². The molecule has 19 heavy (non-hydrogen) atoms. The van der Waals surface area contributed by atoms with E-state index >= 15 is 0 Å². The molecule has 1 heterocycles. The molecule has 0 fully saturated rings. The van der Waals surface area contributed by atoms with Crippen LogP contribution in [-0.2, 0) is 10.9 Å². The average Bonchev–Trinajstić information content (AvgIpc) is 2.33. The molecular weight excluding hydrogens is 265 g/mol. The van der Waals surface area contributed by atoms with Crippen molar-refractivity contribution in [1.29, 1.82) is 0 Å². The molecular formula is C11H13F3N2O3. The largest absolute Gasteiger partial charge is 0.493 e. The summed E-state index contributed by atoms with van der Waals surface area (Å²) in [6.45, 7) is 1.84. The number of esters is 1. The molecule has 0 saturated carbocycles. The monoisotopic (exact) mass is 278 g/mol. The summed E-state index contributed by atoms with van der Waals surface area (Å²) in [6, 6.07) is 0.520. The molecule has 0 aliphatic rings. The van der Waals surface area contributed by atoms with E-state index < -0.39 is 23.6 Å².